The lowest BCUT2D eigenvalue weighted by atomic mass is 10.1. The predicted octanol–water partition coefficient (Wildman–Crippen LogP) is 8.30. The second-order valence-corrected chi connectivity index (χ2v) is 7.77. The Morgan fingerprint density at radius 2 is 1.32 bits per heavy atom. The van der Waals surface area contributed by atoms with Crippen molar-refractivity contribution in [2.24, 2.45) is 0 Å². The third kappa shape index (κ3) is 7.01. The molecule has 37 heavy (non-hydrogen) atoms. The summed E-state index contributed by atoms with van der Waals surface area (Å²) in [6.45, 7) is -1.64. The van der Waals surface area contributed by atoms with Crippen molar-refractivity contribution >= 4 is 0 Å². The average Bonchev–Trinajstić information content (AvgIpc) is 2.79. The number of unbranched alkanes of at least 4 members (excludes halogenated alkanes) is 1. The van der Waals surface area contributed by atoms with Gasteiger partial charge in [-0.3, -0.25) is 0 Å². The Labute approximate surface area is 205 Å². The maximum absolute atomic E-state index is 14.5. The van der Waals surface area contributed by atoms with Crippen LogP contribution in [0.15, 0.2) is 54.6 Å². The Kier molecular flexibility index (Phi) is 8.49. The molecule has 0 heterocycles. The van der Waals surface area contributed by atoms with Gasteiger partial charge in [0, 0.05) is 12.1 Å². The van der Waals surface area contributed by atoms with Crippen LogP contribution in [0.4, 0.5) is 39.5 Å². The topological polar surface area (TPSA) is 27.7 Å². The maximum Gasteiger partial charge on any atom is 0.429 e. The third-order valence-corrected chi connectivity index (χ3v) is 5.03. The normalized spacial score (nSPS) is 12.1. The molecule has 0 aliphatic heterocycles. The van der Waals surface area contributed by atoms with E-state index in [1.54, 1.807) is 0 Å². The van der Waals surface area contributed by atoms with Crippen LogP contribution in [-0.2, 0) is 18.6 Å². The molecule has 0 N–H and O–H groups in total. The molecule has 0 aromatic heterocycles. The van der Waals surface area contributed by atoms with E-state index in [2.05, 4.69) is 14.2 Å². The molecule has 3 aromatic rings. The Morgan fingerprint density at radius 1 is 0.730 bits per heavy atom. The molecule has 0 radical (unpaired) electrons. The van der Waals surface area contributed by atoms with E-state index in [1.807, 2.05) is 6.92 Å². The molecule has 3 rings (SSSR count). The average molecular weight is 538 g/mol. The lowest BCUT2D eigenvalue weighted by molar-refractivity contribution is -0.188. The van der Waals surface area contributed by atoms with E-state index >= 15 is 0 Å². The van der Waals surface area contributed by atoms with Gasteiger partial charge in [-0.05, 0) is 54.8 Å². The fourth-order valence-corrected chi connectivity index (χ4v) is 3.26. The van der Waals surface area contributed by atoms with E-state index in [0.717, 1.165) is 37.1 Å². The molecule has 0 unspecified atom stereocenters. The van der Waals surface area contributed by atoms with Gasteiger partial charge in [-0.25, -0.2) is 13.2 Å². The summed E-state index contributed by atoms with van der Waals surface area (Å²) in [7, 11) is 0. The van der Waals surface area contributed by atoms with E-state index in [9.17, 15) is 39.5 Å². The van der Waals surface area contributed by atoms with Crippen molar-refractivity contribution in [2.75, 3.05) is 0 Å². The molecule has 0 aliphatic rings. The molecular formula is C25H19F9O3. The number of benzene rings is 3. The number of halogens is 9. The van der Waals surface area contributed by atoms with Gasteiger partial charge >= 0.3 is 18.8 Å². The fraction of sp³-hybridized carbons (Fsp3) is 0.280. The van der Waals surface area contributed by atoms with E-state index in [0.29, 0.717) is 24.1 Å². The van der Waals surface area contributed by atoms with Crippen molar-refractivity contribution in [1.82, 2.24) is 0 Å². The largest absolute Gasteiger partial charge is 0.429 e. The van der Waals surface area contributed by atoms with Gasteiger partial charge in [0.25, 0.3) is 0 Å². The van der Waals surface area contributed by atoms with Crippen molar-refractivity contribution in [2.45, 2.75) is 45.0 Å². The molecule has 200 valence electrons. The quantitative estimate of drug-likeness (QED) is 0.230. The minimum absolute atomic E-state index is 0.203. The standard InChI is InChI=1S/C25H19F9O3/c1-2-3-4-14-5-10-18(19(26)11-14)25(33,34)36-16-8-6-15(7-9-16)24(31,32)37-17-12-20(27)22(21(28)13-17)35-23(29)30/h5-13,23H,2-4H2,1H3. The minimum atomic E-state index is -4.23. The van der Waals surface area contributed by atoms with Crippen LogP contribution in [0.25, 0.3) is 0 Å². The van der Waals surface area contributed by atoms with Gasteiger partial charge in [0.05, 0.1) is 11.1 Å². The first-order valence-corrected chi connectivity index (χ1v) is 10.8. The maximum atomic E-state index is 14.5. The summed E-state index contributed by atoms with van der Waals surface area (Å²) in [6.07, 6.45) is -6.28. The van der Waals surface area contributed by atoms with E-state index in [-0.39, 0.29) is 12.1 Å². The van der Waals surface area contributed by atoms with E-state index < -0.39 is 64.7 Å². The fourth-order valence-electron chi connectivity index (χ4n) is 3.26. The van der Waals surface area contributed by atoms with Gasteiger partial charge in [-0.2, -0.15) is 26.3 Å². The van der Waals surface area contributed by atoms with Gasteiger partial charge in [0.2, 0.25) is 0 Å². The van der Waals surface area contributed by atoms with Crippen LogP contribution < -0.4 is 14.2 Å². The number of hydrogen-bond acceptors (Lipinski definition) is 3. The molecule has 0 bridgehead atoms. The number of alkyl halides is 6. The Bertz CT molecular complexity index is 1190. The molecule has 3 nitrogen and oxygen atoms in total. The van der Waals surface area contributed by atoms with Gasteiger partial charge in [0.1, 0.15) is 17.3 Å². The first-order valence-electron chi connectivity index (χ1n) is 10.8. The second kappa shape index (κ2) is 11.2. The predicted molar refractivity (Wildman–Crippen MR) is 113 cm³/mol. The van der Waals surface area contributed by atoms with Crippen LogP contribution in [0.2, 0.25) is 0 Å². The molecule has 0 amide bonds. The summed E-state index contributed by atoms with van der Waals surface area (Å²) in [4.78, 5) is 0. The molecular weight excluding hydrogens is 519 g/mol. The minimum Gasteiger partial charge on any atom is -0.429 e. The van der Waals surface area contributed by atoms with Crippen LogP contribution in [0.1, 0.15) is 36.5 Å². The highest BCUT2D eigenvalue weighted by Gasteiger charge is 2.39. The molecule has 0 atom stereocenters. The third-order valence-electron chi connectivity index (χ3n) is 5.03. The Morgan fingerprint density at radius 3 is 1.86 bits per heavy atom. The van der Waals surface area contributed by atoms with Gasteiger partial charge in [-0.15, -0.1) is 0 Å². The summed E-state index contributed by atoms with van der Waals surface area (Å²) >= 11 is 0. The molecule has 0 saturated carbocycles. The van der Waals surface area contributed by atoms with Crippen LogP contribution >= 0.6 is 0 Å². The van der Waals surface area contributed by atoms with E-state index in [4.69, 9.17) is 0 Å². The van der Waals surface area contributed by atoms with Crippen LogP contribution in [-0.4, -0.2) is 6.61 Å². The first kappa shape index (κ1) is 28.0. The Balaban J connectivity index is 1.74. The number of ether oxygens (including phenoxy) is 3. The molecule has 0 fully saturated rings. The van der Waals surface area contributed by atoms with Crippen molar-refractivity contribution in [3.63, 3.8) is 0 Å². The number of rotatable bonds is 11. The second-order valence-electron chi connectivity index (χ2n) is 7.77. The van der Waals surface area contributed by atoms with Crippen LogP contribution in [0.5, 0.6) is 17.2 Å². The Hall–Kier alpha value is -3.57. The van der Waals surface area contributed by atoms with Gasteiger partial charge < -0.3 is 14.2 Å². The van der Waals surface area contributed by atoms with Crippen molar-refractivity contribution in [3.05, 3.63) is 88.7 Å². The van der Waals surface area contributed by atoms with Crippen LogP contribution in [0, 0.1) is 17.5 Å². The number of hydrogen-bond donors (Lipinski definition) is 0. The van der Waals surface area contributed by atoms with Gasteiger partial charge in [0.15, 0.2) is 17.4 Å². The summed E-state index contributed by atoms with van der Waals surface area (Å²) in [5.41, 5.74) is -1.45. The highest BCUT2D eigenvalue weighted by atomic mass is 19.3. The number of aryl methyl sites for hydroxylation is 1. The smallest absolute Gasteiger partial charge is 0.429 e. The zero-order valence-corrected chi connectivity index (χ0v) is 19.0. The van der Waals surface area contributed by atoms with Crippen molar-refractivity contribution in [3.8, 4) is 17.2 Å². The highest BCUT2D eigenvalue weighted by Crippen LogP contribution is 2.37. The summed E-state index contributed by atoms with van der Waals surface area (Å²) in [5, 5.41) is 0. The zero-order valence-electron chi connectivity index (χ0n) is 19.0. The first-order chi connectivity index (χ1) is 17.3. The summed E-state index contributed by atoms with van der Waals surface area (Å²) in [6, 6.07) is 6.33. The molecule has 0 saturated heterocycles. The monoisotopic (exact) mass is 538 g/mol. The van der Waals surface area contributed by atoms with E-state index in [1.165, 1.54) is 6.07 Å². The molecule has 12 heteroatoms. The zero-order chi connectivity index (χ0) is 27.4. The van der Waals surface area contributed by atoms with Crippen molar-refractivity contribution in [1.29, 1.82) is 0 Å². The SMILES string of the molecule is CCCCc1ccc(C(F)(F)Oc2ccc(C(F)(F)Oc3cc(F)c(OC(F)F)c(F)c3)cc2)c(F)c1. The summed E-state index contributed by atoms with van der Waals surface area (Å²) < 4.78 is 137. The summed E-state index contributed by atoms with van der Waals surface area (Å²) in [5.74, 6) is -7.78. The van der Waals surface area contributed by atoms with Crippen LogP contribution in [0.3, 0.4) is 0 Å². The lowest BCUT2D eigenvalue weighted by Crippen LogP contribution is -2.24. The van der Waals surface area contributed by atoms with Gasteiger partial charge in [-0.1, -0.05) is 19.4 Å². The van der Waals surface area contributed by atoms with Crippen molar-refractivity contribution < 1.29 is 53.7 Å². The molecule has 0 aliphatic carbocycles. The lowest BCUT2D eigenvalue weighted by Gasteiger charge is -2.21. The molecule has 0 spiro atoms. The molecule has 3 aromatic carbocycles. The highest BCUT2D eigenvalue weighted by molar-refractivity contribution is 5.36.